The van der Waals surface area contributed by atoms with Crippen molar-refractivity contribution in [2.24, 2.45) is 5.10 Å². The van der Waals surface area contributed by atoms with Crippen LogP contribution in [0.2, 0.25) is 10.0 Å². The normalized spacial score (nSPS) is 10.8. The van der Waals surface area contributed by atoms with Gasteiger partial charge in [0.25, 0.3) is 5.91 Å². The van der Waals surface area contributed by atoms with Gasteiger partial charge in [-0.3, -0.25) is 4.79 Å². The Morgan fingerprint density at radius 2 is 1.75 bits per heavy atom. The molecule has 3 aromatic carbocycles. The van der Waals surface area contributed by atoms with E-state index in [0.717, 1.165) is 10.0 Å². The van der Waals surface area contributed by atoms with E-state index in [4.69, 9.17) is 37.4 Å². The molecule has 3 rings (SSSR count). The van der Waals surface area contributed by atoms with Gasteiger partial charge in [0, 0.05) is 20.1 Å². The average Bonchev–Trinajstić information content (AvgIpc) is 2.78. The topological polar surface area (TPSA) is 69.2 Å². The van der Waals surface area contributed by atoms with Crippen molar-refractivity contribution in [2.75, 3.05) is 14.2 Å². The van der Waals surface area contributed by atoms with Gasteiger partial charge >= 0.3 is 0 Å². The molecule has 0 aliphatic rings. The standard InChI is InChI=1S/C23H19BrCl2N2O4/c1-30-20-8-5-16(24)10-18(20)23(29)28-27-12-14-3-7-21(22(9-14)31-2)32-13-15-4-6-17(25)11-19(15)26/h3-12H,13H2,1-2H3,(H,28,29)/b27-12-. The van der Waals surface area contributed by atoms with Crippen molar-refractivity contribution >= 4 is 51.3 Å². The molecule has 0 unspecified atom stereocenters. The predicted molar refractivity (Wildman–Crippen MR) is 130 cm³/mol. The average molecular weight is 538 g/mol. The molecule has 3 aromatic rings. The summed E-state index contributed by atoms with van der Waals surface area (Å²) in [5.74, 6) is 1.11. The molecule has 0 bridgehead atoms. The maximum absolute atomic E-state index is 12.4. The number of carbonyl (C=O) groups is 1. The summed E-state index contributed by atoms with van der Waals surface area (Å²) in [7, 11) is 3.04. The Morgan fingerprint density at radius 3 is 2.47 bits per heavy atom. The van der Waals surface area contributed by atoms with Crippen LogP contribution in [0.4, 0.5) is 0 Å². The van der Waals surface area contributed by atoms with Crippen molar-refractivity contribution in [2.45, 2.75) is 6.61 Å². The number of nitrogens with one attached hydrogen (secondary N) is 1. The van der Waals surface area contributed by atoms with E-state index >= 15 is 0 Å². The van der Waals surface area contributed by atoms with Crippen molar-refractivity contribution in [3.63, 3.8) is 0 Å². The summed E-state index contributed by atoms with van der Waals surface area (Å²) in [6.45, 7) is 0.254. The summed E-state index contributed by atoms with van der Waals surface area (Å²) in [4.78, 5) is 12.4. The summed E-state index contributed by atoms with van der Waals surface area (Å²) in [6, 6.07) is 15.7. The van der Waals surface area contributed by atoms with Crippen LogP contribution >= 0.6 is 39.1 Å². The fourth-order valence-electron chi connectivity index (χ4n) is 2.76. The van der Waals surface area contributed by atoms with Crippen LogP contribution < -0.4 is 19.6 Å². The summed E-state index contributed by atoms with van der Waals surface area (Å²) in [5.41, 5.74) is 4.36. The molecule has 0 heterocycles. The third kappa shape index (κ3) is 6.16. The Hall–Kier alpha value is -2.74. The molecule has 0 aliphatic carbocycles. The number of nitrogens with zero attached hydrogens (tertiary/aromatic N) is 1. The van der Waals surface area contributed by atoms with E-state index in [2.05, 4.69) is 26.5 Å². The lowest BCUT2D eigenvalue weighted by atomic mass is 10.2. The molecule has 0 radical (unpaired) electrons. The first-order chi connectivity index (χ1) is 15.4. The SMILES string of the molecule is COc1cc(/C=N\NC(=O)c2cc(Br)ccc2OC)ccc1OCc1ccc(Cl)cc1Cl. The van der Waals surface area contributed by atoms with Gasteiger partial charge in [-0.1, -0.05) is 45.2 Å². The molecule has 0 saturated heterocycles. The molecule has 32 heavy (non-hydrogen) atoms. The molecule has 6 nitrogen and oxygen atoms in total. The lowest BCUT2D eigenvalue weighted by Gasteiger charge is -2.12. The lowest BCUT2D eigenvalue weighted by molar-refractivity contribution is 0.0952. The Balaban J connectivity index is 1.67. The zero-order chi connectivity index (χ0) is 23.1. The summed E-state index contributed by atoms with van der Waals surface area (Å²) in [5, 5.41) is 5.11. The minimum absolute atomic E-state index is 0.254. The molecule has 0 atom stereocenters. The molecule has 0 aromatic heterocycles. The Morgan fingerprint density at radius 1 is 1.00 bits per heavy atom. The number of methoxy groups -OCH3 is 2. The van der Waals surface area contributed by atoms with Crippen molar-refractivity contribution in [1.82, 2.24) is 5.43 Å². The first-order valence-corrected chi connectivity index (χ1v) is 10.9. The van der Waals surface area contributed by atoms with Crippen molar-refractivity contribution < 1.29 is 19.0 Å². The van der Waals surface area contributed by atoms with Gasteiger partial charge in [0.05, 0.1) is 26.0 Å². The number of benzene rings is 3. The molecule has 0 aliphatic heterocycles. The maximum Gasteiger partial charge on any atom is 0.275 e. The van der Waals surface area contributed by atoms with E-state index in [1.165, 1.54) is 13.3 Å². The number of hydrogen-bond donors (Lipinski definition) is 1. The molecule has 1 N–H and O–H groups in total. The zero-order valence-electron chi connectivity index (χ0n) is 17.2. The van der Waals surface area contributed by atoms with Crippen LogP contribution in [0.5, 0.6) is 17.2 Å². The highest BCUT2D eigenvalue weighted by molar-refractivity contribution is 9.10. The maximum atomic E-state index is 12.4. The Kier molecular flexibility index (Phi) is 8.39. The number of ether oxygens (including phenoxy) is 3. The fourth-order valence-corrected chi connectivity index (χ4v) is 3.59. The van der Waals surface area contributed by atoms with Gasteiger partial charge in [-0.05, 0) is 54.1 Å². The number of rotatable bonds is 8. The lowest BCUT2D eigenvalue weighted by Crippen LogP contribution is -2.18. The summed E-state index contributed by atoms with van der Waals surface area (Å²) < 4.78 is 17.2. The monoisotopic (exact) mass is 536 g/mol. The quantitative estimate of drug-likeness (QED) is 0.278. The molecule has 166 valence electrons. The van der Waals surface area contributed by atoms with Crippen LogP contribution in [-0.2, 0) is 6.61 Å². The zero-order valence-corrected chi connectivity index (χ0v) is 20.3. The van der Waals surface area contributed by atoms with Crippen molar-refractivity contribution in [3.05, 3.63) is 85.8 Å². The highest BCUT2D eigenvalue weighted by Gasteiger charge is 2.12. The van der Waals surface area contributed by atoms with Gasteiger partial charge in [-0.25, -0.2) is 5.43 Å². The van der Waals surface area contributed by atoms with Crippen LogP contribution in [0.3, 0.4) is 0 Å². The number of hydrogen-bond acceptors (Lipinski definition) is 5. The van der Waals surface area contributed by atoms with Gasteiger partial charge in [-0.15, -0.1) is 0 Å². The van der Waals surface area contributed by atoms with Gasteiger partial charge in [0.15, 0.2) is 11.5 Å². The van der Waals surface area contributed by atoms with Gasteiger partial charge in [0.2, 0.25) is 0 Å². The van der Waals surface area contributed by atoms with E-state index in [0.29, 0.717) is 38.4 Å². The van der Waals surface area contributed by atoms with E-state index in [9.17, 15) is 4.79 Å². The van der Waals surface area contributed by atoms with Crippen LogP contribution in [0.25, 0.3) is 0 Å². The third-order valence-electron chi connectivity index (χ3n) is 4.37. The smallest absolute Gasteiger partial charge is 0.275 e. The predicted octanol–water partition coefficient (Wildman–Crippen LogP) is 6.12. The minimum atomic E-state index is -0.397. The van der Waals surface area contributed by atoms with E-state index < -0.39 is 5.91 Å². The van der Waals surface area contributed by atoms with Crippen LogP contribution in [-0.4, -0.2) is 26.3 Å². The second kappa shape index (κ2) is 11.2. The fraction of sp³-hybridized carbons (Fsp3) is 0.130. The van der Waals surface area contributed by atoms with E-state index in [1.807, 2.05) is 0 Å². The van der Waals surface area contributed by atoms with Gasteiger partial charge in [-0.2, -0.15) is 5.10 Å². The van der Waals surface area contributed by atoms with E-state index in [-0.39, 0.29) is 6.61 Å². The van der Waals surface area contributed by atoms with Crippen LogP contribution in [0, 0.1) is 0 Å². The molecule has 0 spiro atoms. The molecule has 0 fully saturated rings. The highest BCUT2D eigenvalue weighted by atomic mass is 79.9. The highest BCUT2D eigenvalue weighted by Crippen LogP contribution is 2.30. The second-order valence-corrected chi connectivity index (χ2v) is 8.24. The summed E-state index contributed by atoms with van der Waals surface area (Å²) in [6.07, 6.45) is 1.50. The van der Waals surface area contributed by atoms with Crippen molar-refractivity contribution in [1.29, 1.82) is 0 Å². The Labute approximate surface area is 204 Å². The van der Waals surface area contributed by atoms with Crippen LogP contribution in [0.1, 0.15) is 21.5 Å². The molecular weight excluding hydrogens is 519 g/mol. The second-order valence-electron chi connectivity index (χ2n) is 6.48. The summed E-state index contributed by atoms with van der Waals surface area (Å²) >= 11 is 15.5. The van der Waals surface area contributed by atoms with Crippen LogP contribution in [0.15, 0.2) is 64.2 Å². The first kappa shape index (κ1) is 23.9. The number of hydrazone groups is 1. The molecule has 9 heteroatoms. The minimum Gasteiger partial charge on any atom is -0.496 e. The third-order valence-corrected chi connectivity index (χ3v) is 5.45. The van der Waals surface area contributed by atoms with Gasteiger partial charge in [0.1, 0.15) is 12.4 Å². The number of halogens is 3. The van der Waals surface area contributed by atoms with Crippen molar-refractivity contribution in [3.8, 4) is 17.2 Å². The molecule has 1 amide bonds. The first-order valence-electron chi connectivity index (χ1n) is 9.33. The Bertz CT molecular complexity index is 1150. The number of amides is 1. The largest absolute Gasteiger partial charge is 0.496 e. The van der Waals surface area contributed by atoms with E-state index in [1.54, 1.807) is 61.7 Å². The van der Waals surface area contributed by atoms with Gasteiger partial charge < -0.3 is 14.2 Å². The molecular formula is C23H19BrCl2N2O4. The molecule has 0 saturated carbocycles. The number of carbonyl (C=O) groups excluding carboxylic acids is 1.